The molecule has 3 rings (SSSR count). The zero-order chi connectivity index (χ0) is 17.2. The van der Waals surface area contributed by atoms with Crippen LogP contribution in [0.2, 0.25) is 0 Å². The standard InChI is InChI=1S/C18H20N2O3S/c1-19-12-13-4-2-6-15(10-13)20-24(22,23)16-8-9-17-14(11-16)5-3-7-18(17)21/h2,4,6,8-11,19-20H,3,5,7,12H2,1H3. The van der Waals surface area contributed by atoms with Crippen LogP contribution >= 0.6 is 0 Å². The van der Waals surface area contributed by atoms with E-state index in [1.54, 1.807) is 24.3 Å². The molecule has 24 heavy (non-hydrogen) atoms. The van der Waals surface area contributed by atoms with Crippen molar-refractivity contribution in [1.29, 1.82) is 0 Å². The zero-order valence-corrected chi connectivity index (χ0v) is 14.3. The molecule has 0 fully saturated rings. The predicted molar refractivity (Wildman–Crippen MR) is 93.7 cm³/mol. The molecule has 0 bridgehead atoms. The molecule has 0 radical (unpaired) electrons. The Balaban J connectivity index is 1.88. The van der Waals surface area contributed by atoms with E-state index in [4.69, 9.17) is 0 Å². The van der Waals surface area contributed by atoms with Crippen LogP contribution in [-0.2, 0) is 23.0 Å². The van der Waals surface area contributed by atoms with Crippen LogP contribution in [0.5, 0.6) is 0 Å². The maximum atomic E-state index is 12.6. The van der Waals surface area contributed by atoms with Crippen molar-refractivity contribution in [3.63, 3.8) is 0 Å². The highest BCUT2D eigenvalue weighted by atomic mass is 32.2. The number of carbonyl (C=O) groups excluding carboxylic acids is 1. The van der Waals surface area contributed by atoms with E-state index in [0.29, 0.717) is 24.2 Å². The summed E-state index contributed by atoms with van der Waals surface area (Å²) in [5.74, 6) is 0.0907. The van der Waals surface area contributed by atoms with Crippen LogP contribution in [-0.4, -0.2) is 21.2 Å². The fourth-order valence-electron chi connectivity index (χ4n) is 2.95. The number of nitrogens with one attached hydrogen (secondary N) is 2. The number of rotatable bonds is 5. The molecule has 1 aliphatic rings. The van der Waals surface area contributed by atoms with Crippen molar-refractivity contribution in [2.24, 2.45) is 0 Å². The highest BCUT2D eigenvalue weighted by Gasteiger charge is 2.21. The van der Waals surface area contributed by atoms with E-state index in [2.05, 4.69) is 10.0 Å². The quantitative estimate of drug-likeness (QED) is 0.874. The van der Waals surface area contributed by atoms with Gasteiger partial charge in [-0.2, -0.15) is 0 Å². The summed E-state index contributed by atoms with van der Waals surface area (Å²) < 4.78 is 27.9. The van der Waals surface area contributed by atoms with Crippen LogP contribution in [0.15, 0.2) is 47.4 Å². The molecule has 6 heteroatoms. The van der Waals surface area contributed by atoms with E-state index < -0.39 is 10.0 Å². The van der Waals surface area contributed by atoms with Gasteiger partial charge in [-0.1, -0.05) is 12.1 Å². The van der Waals surface area contributed by atoms with Gasteiger partial charge in [0.25, 0.3) is 10.0 Å². The van der Waals surface area contributed by atoms with Gasteiger partial charge in [-0.05, 0) is 61.3 Å². The summed E-state index contributed by atoms with van der Waals surface area (Å²) in [4.78, 5) is 12.1. The summed E-state index contributed by atoms with van der Waals surface area (Å²) in [6.45, 7) is 0.663. The Morgan fingerprint density at radius 3 is 2.71 bits per heavy atom. The van der Waals surface area contributed by atoms with Crippen molar-refractivity contribution in [2.45, 2.75) is 30.7 Å². The van der Waals surface area contributed by atoms with Crippen molar-refractivity contribution in [3.8, 4) is 0 Å². The second kappa shape index (κ2) is 6.75. The van der Waals surface area contributed by atoms with Crippen LogP contribution in [0.25, 0.3) is 0 Å². The van der Waals surface area contributed by atoms with Gasteiger partial charge in [-0.3, -0.25) is 9.52 Å². The van der Waals surface area contributed by atoms with Gasteiger partial charge in [-0.25, -0.2) is 8.42 Å². The molecule has 0 unspecified atom stereocenters. The van der Waals surface area contributed by atoms with Gasteiger partial charge in [0, 0.05) is 24.2 Å². The summed E-state index contributed by atoms with van der Waals surface area (Å²) in [5.41, 5.74) is 2.99. The Hall–Kier alpha value is -2.18. The fraction of sp³-hybridized carbons (Fsp3) is 0.278. The van der Waals surface area contributed by atoms with E-state index in [-0.39, 0.29) is 10.7 Å². The van der Waals surface area contributed by atoms with Gasteiger partial charge in [-0.15, -0.1) is 0 Å². The maximum absolute atomic E-state index is 12.6. The number of sulfonamides is 1. The molecule has 0 spiro atoms. The lowest BCUT2D eigenvalue weighted by Gasteiger charge is -2.16. The average molecular weight is 344 g/mol. The van der Waals surface area contributed by atoms with Crippen LogP contribution in [0.1, 0.15) is 34.3 Å². The van der Waals surface area contributed by atoms with Gasteiger partial charge in [0.15, 0.2) is 5.78 Å². The van der Waals surface area contributed by atoms with E-state index in [1.807, 2.05) is 19.2 Å². The molecular weight excluding hydrogens is 324 g/mol. The third kappa shape index (κ3) is 3.49. The van der Waals surface area contributed by atoms with Crippen LogP contribution in [0, 0.1) is 0 Å². The highest BCUT2D eigenvalue weighted by molar-refractivity contribution is 7.92. The Kier molecular flexibility index (Phi) is 4.69. The topological polar surface area (TPSA) is 75.3 Å². The lowest BCUT2D eigenvalue weighted by Crippen LogP contribution is -2.16. The summed E-state index contributed by atoms with van der Waals surface area (Å²) in [7, 11) is -1.84. The molecule has 0 saturated heterocycles. The monoisotopic (exact) mass is 344 g/mol. The Labute approximate surface area is 142 Å². The number of hydrogen-bond acceptors (Lipinski definition) is 4. The van der Waals surface area contributed by atoms with E-state index in [1.165, 1.54) is 6.07 Å². The fourth-order valence-corrected chi connectivity index (χ4v) is 4.05. The Morgan fingerprint density at radius 1 is 1.08 bits per heavy atom. The minimum absolute atomic E-state index is 0.0907. The number of benzene rings is 2. The number of Topliss-reactive ketones (excluding diaryl/α,β-unsaturated/α-hetero) is 1. The summed E-state index contributed by atoms with van der Waals surface area (Å²) in [5, 5.41) is 3.03. The zero-order valence-electron chi connectivity index (χ0n) is 13.5. The lowest BCUT2D eigenvalue weighted by atomic mass is 9.91. The highest BCUT2D eigenvalue weighted by Crippen LogP contribution is 2.25. The third-order valence-electron chi connectivity index (χ3n) is 4.10. The SMILES string of the molecule is CNCc1cccc(NS(=O)(=O)c2ccc3c(c2)CCCC3=O)c1. The van der Waals surface area contributed by atoms with Crippen LogP contribution < -0.4 is 10.0 Å². The molecule has 0 saturated carbocycles. The predicted octanol–water partition coefficient (Wildman–Crippen LogP) is 2.73. The first kappa shape index (κ1) is 16.7. The lowest BCUT2D eigenvalue weighted by molar-refractivity contribution is 0.0972. The number of anilines is 1. The van der Waals surface area contributed by atoms with Gasteiger partial charge < -0.3 is 5.32 Å². The number of carbonyl (C=O) groups is 1. The normalized spacial score (nSPS) is 14.3. The first-order valence-corrected chi connectivity index (χ1v) is 9.40. The number of ketones is 1. The molecular formula is C18H20N2O3S. The van der Waals surface area contributed by atoms with Crippen molar-refractivity contribution in [1.82, 2.24) is 5.32 Å². The summed E-state index contributed by atoms with van der Waals surface area (Å²) >= 11 is 0. The van der Waals surface area contributed by atoms with Crippen LogP contribution in [0.3, 0.4) is 0 Å². The minimum Gasteiger partial charge on any atom is -0.316 e. The first-order chi connectivity index (χ1) is 11.5. The number of aryl methyl sites for hydroxylation is 1. The smallest absolute Gasteiger partial charge is 0.261 e. The summed E-state index contributed by atoms with van der Waals surface area (Å²) in [6, 6.07) is 12.0. The van der Waals surface area contributed by atoms with Crippen molar-refractivity contribution < 1.29 is 13.2 Å². The molecule has 0 atom stereocenters. The van der Waals surface area contributed by atoms with E-state index in [0.717, 1.165) is 24.0 Å². The molecule has 2 aromatic rings. The van der Waals surface area contributed by atoms with E-state index >= 15 is 0 Å². The van der Waals surface area contributed by atoms with Crippen molar-refractivity contribution >= 4 is 21.5 Å². The van der Waals surface area contributed by atoms with Crippen molar-refractivity contribution in [2.75, 3.05) is 11.8 Å². The number of fused-ring (bicyclic) bond motifs is 1. The molecule has 0 heterocycles. The first-order valence-electron chi connectivity index (χ1n) is 7.92. The molecule has 5 nitrogen and oxygen atoms in total. The molecule has 126 valence electrons. The summed E-state index contributed by atoms with van der Waals surface area (Å²) in [6.07, 6.45) is 2.05. The van der Waals surface area contributed by atoms with Crippen LogP contribution in [0.4, 0.5) is 5.69 Å². The minimum atomic E-state index is -3.68. The van der Waals surface area contributed by atoms with Gasteiger partial charge in [0.1, 0.15) is 0 Å². The largest absolute Gasteiger partial charge is 0.316 e. The van der Waals surface area contributed by atoms with Gasteiger partial charge in [0.2, 0.25) is 0 Å². The molecule has 2 N–H and O–H groups in total. The molecule has 2 aromatic carbocycles. The molecule has 0 aliphatic heterocycles. The maximum Gasteiger partial charge on any atom is 0.261 e. The average Bonchev–Trinajstić information content (AvgIpc) is 2.55. The van der Waals surface area contributed by atoms with Gasteiger partial charge in [0.05, 0.1) is 4.90 Å². The Bertz CT molecular complexity index is 876. The second-order valence-electron chi connectivity index (χ2n) is 5.93. The van der Waals surface area contributed by atoms with Crippen molar-refractivity contribution in [3.05, 3.63) is 59.2 Å². The Morgan fingerprint density at radius 2 is 1.92 bits per heavy atom. The van der Waals surface area contributed by atoms with Gasteiger partial charge >= 0.3 is 0 Å². The molecule has 1 aliphatic carbocycles. The number of hydrogen-bond donors (Lipinski definition) is 2. The van der Waals surface area contributed by atoms with E-state index in [9.17, 15) is 13.2 Å². The molecule has 0 aromatic heterocycles. The second-order valence-corrected chi connectivity index (χ2v) is 7.61. The molecule has 0 amide bonds. The third-order valence-corrected chi connectivity index (χ3v) is 5.48.